The minimum absolute atomic E-state index is 0.144. The predicted octanol–water partition coefficient (Wildman–Crippen LogP) is 2.95. The van der Waals surface area contributed by atoms with Crippen LogP contribution in [0.3, 0.4) is 0 Å². The third-order valence-corrected chi connectivity index (χ3v) is 4.98. The fourth-order valence-electron chi connectivity index (χ4n) is 3.45. The third kappa shape index (κ3) is 3.69. The van der Waals surface area contributed by atoms with Gasteiger partial charge in [-0.2, -0.15) is 0 Å². The van der Waals surface area contributed by atoms with Crippen LogP contribution in [0.5, 0.6) is 5.75 Å². The standard InChI is InChI=1S/C22H22N2O4/c1-27-19-8-7-15-11-17(6-5-16(15)12-19)21-13-24(9-10-28-21)22(26)20-4-2-3-18(14-25)23-20/h2-8,11-12,21,25H,9-10,13-14H2,1H3/t21-/m1/s1. The van der Waals surface area contributed by atoms with Gasteiger partial charge in [-0.15, -0.1) is 0 Å². The summed E-state index contributed by atoms with van der Waals surface area (Å²) in [6.45, 7) is 1.27. The molecule has 2 heterocycles. The van der Waals surface area contributed by atoms with Crippen LogP contribution in [0.1, 0.15) is 27.8 Å². The van der Waals surface area contributed by atoms with Gasteiger partial charge in [0.2, 0.25) is 0 Å². The second-order valence-electron chi connectivity index (χ2n) is 6.76. The summed E-state index contributed by atoms with van der Waals surface area (Å²) >= 11 is 0. The molecule has 6 nitrogen and oxygen atoms in total. The molecule has 144 valence electrons. The van der Waals surface area contributed by atoms with Gasteiger partial charge in [-0.3, -0.25) is 4.79 Å². The molecule has 1 aromatic heterocycles. The molecular formula is C22H22N2O4. The second-order valence-corrected chi connectivity index (χ2v) is 6.76. The summed E-state index contributed by atoms with van der Waals surface area (Å²) < 4.78 is 11.2. The monoisotopic (exact) mass is 378 g/mol. The summed E-state index contributed by atoms with van der Waals surface area (Å²) in [6, 6.07) is 17.2. The molecule has 0 radical (unpaired) electrons. The number of aliphatic hydroxyl groups is 1. The van der Waals surface area contributed by atoms with Crippen LogP contribution in [0.4, 0.5) is 0 Å². The molecule has 1 fully saturated rings. The molecule has 1 atom stereocenters. The molecule has 1 amide bonds. The topological polar surface area (TPSA) is 71.9 Å². The second kappa shape index (κ2) is 7.96. The molecule has 0 bridgehead atoms. The summed E-state index contributed by atoms with van der Waals surface area (Å²) in [5, 5.41) is 11.4. The van der Waals surface area contributed by atoms with Crippen LogP contribution in [0.2, 0.25) is 0 Å². The number of pyridine rings is 1. The molecule has 4 rings (SSSR count). The first-order valence-corrected chi connectivity index (χ1v) is 9.23. The van der Waals surface area contributed by atoms with Crippen molar-refractivity contribution >= 4 is 16.7 Å². The van der Waals surface area contributed by atoms with Gasteiger partial charge in [0.05, 0.1) is 32.6 Å². The van der Waals surface area contributed by atoms with Gasteiger partial charge in [0.25, 0.3) is 5.91 Å². The lowest BCUT2D eigenvalue weighted by Crippen LogP contribution is -2.42. The number of carbonyl (C=O) groups excluding carboxylic acids is 1. The van der Waals surface area contributed by atoms with E-state index in [4.69, 9.17) is 9.47 Å². The van der Waals surface area contributed by atoms with Crippen LogP contribution in [-0.2, 0) is 11.3 Å². The Kier molecular flexibility index (Phi) is 5.23. The van der Waals surface area contributed by atoms with Gasteiger partial charge in [-0.25, -0.2) is 4.98 Å². The predicted molar refractivity (Wildman–Crippen MR) is 105 cm³/mol. The highest BCUT2D eigenvalue weighted by Gasteiger charge is 2.27. The van der Waals surface area contributed by atoms with Crippen LogP contribution in [0.15, 0.2) is 54.6 Å². The molecular weight excluding hydrogens is 356 g/mol. The number of ether oxygens (including phenoxy) is 2. The number of aromatic nitrogens is 1. The highest BCUT2D eigenvalue weighted by Crippen LogP contribution is 2.28. The minimum Gasteiger partial charge on any atom is -0.497 e. The van der Waals surface area contributed by atoms with Gasteiger partial charge in [0.1, 0.15) is 17.5 Å². The van der Waals surface area contributed by atoms with Gasteiger partial charge in [-0.1, -0.05) is 24.3 Å². The van der Waals surface area contributed by atoms with Gasteiger partial charge >= 0.3 is 0 Å². The molecule has 1 saturated heterocycles. The Labute approximate surface area is 163 Å². The zero-order valence-corrected chi connectivity index (χ0v) is 15.7. The van der Waals surface area contributed by atoms with Crippen LogP contribution in [0.25, 0.3) is 10.8 Å². The van der Waals surface area contributed by atoms with Crippen LogP contribution < -0.4 is 4.74 Å². The lowest BCUT2D eigenvalue weighted by Gasteiger charge is -2.33. The SMILES string of the molecule is COc1ccc2cc([C@H]3CN(C(=O)c4cccc(CO)n4)CCO3)ccc2c1. The van der Waals surface area contributed by atoms with Gasteiger partial charge < -0.3 is 19.5 Å². The highest BCUT2D eigenvalue weighted by molar-refractivity contribution is 5.92. The Hall–Kier alpha value is -2.96. The van der Waals surface area contributed by atoms with E-state index in [1.54, 1.807) is 30.2 Å². The van der Waals surface area contributed by atoms with E-state index in [-0.39, 0.29) is 18.6 Å². The smallest absolute Gasteiger partial charge is 0.272 e. The molecule has 0 spiro atoms. The van der Waals surface area contributed by atoms with Crippen molar-refractivity contribution in [2.45, 2.75) is 12.7 Å². The van der Waals surface area contributed by atoms with Crippen molar-refractivity contribution in [1.82, 2.24) is 9.88 Å². The summed E-state index contributed by atoms with van der Waals surface area (Å²) in [6.07, 6.45) is -0.190. The lowest BCUT2D eigenvalue weighted by atomic mass is 10.0. The molecule has 1 aliphatic heterocycles. The molecule has 1 aliphatic rings. The maximum Gasteiger partial charge on any atom is 0.272 e. The number of fused-ring (bicyclic) bond motifs is 1. The Morgan fingerprint density at radius 2 is 2.04 bits per heavy atom. The fraction of sp³-hybridized carbons (Fsp3) is 0.273. The maximum atomic E-state index is 12.8. The number of amides is 1. The molecule has 0 unspecified atom stereocenters. The number of carbonyl (C=O) groups is 1. The number of morpholine rings is 1. The zero-order valence-electron chi connectivity index (χ0n) is 15.7. The molecule has 0 saturated carbocycles. The Morgan fingerprint density at radius 3 is 2.86 bits per heavy atom. The van der Waals surface area contributed by atoms with Crippen molar-refractivity contribution in [3.63, 3.8) is 0 Å². The summed E-state index contributed by atoms with van der Waals surface area (Å²) in [5.74, 6) is 0.678. The van der Waals surface area contributed by atoms with E-state index in [2.05, 4.69) is 11.1 Å². The number of nitrogens with zero attached hydrogens (tertiary/aromatic N) is 2. The molecule has 2 aromatic carbocycles. The van der Waals surface area contributed by atoms with E-state index in [0.717, 1.165) is 22.1 Å². The van der Waals surface area contributed by atoms with Crippen LogP contribution in [-0.4, -0.2) is 47.7 Å². The van der Waals surface area contributed by atoms with Gasteiger partial charge in [0, 0.05) is 6.54 Å². The van der Waals surface area contributed by atoms with Crippen LogP contribution in [0, 0.1) is 0 Å². The van der Waals surface area contributed by atoms with Crippen molar-refractivity contribution in [3.8, 4) is 5.75 Å². The van der Waals surface area contributed by atoms with E-state index >= 15 is 0 Å². The number of methoxy groups -OCH3 is 1. The van der Waals surface area contributed by atoms with Gasteiger partial charge in [0.15, 0.2) is 0 Å². The molecule has 1 N–H and O–H groups in total. The molecule has 6 heteroatoms. The van der Waals surface area contributed by atoms with E-state index in [1.807, 2.05) is 30.3 Å². The summed E-state index contributed by atoms with van der Waals surface area (Å²) in [5.41, 5.74) is 1.87. The van der Waals surface area contributed by atoms with Crippen molar-refractivity contribution in [1.29, 1.82) is 0 Å². The van der Waals surface area contributed by atoms with Crippen LogP contribution >= 0.6 is 0 Å². The van der Waals surface area contributed by atoms with Gasteiger partial charge in [-0.05, 0) is 46.7 Å². The normalized spacial score (nSPS) is 16.9. The molecule has 28 heavy (non-hydrogen) atoms. The molecule has 0 aliphatic carbocycles. The third-order valence-electron chi connectivity index (χ3n) is 4.98. The largest absolute Gasteiger partial charge is 0.497 e. The number of benzene rings is 2. The Morgan fingerprint density at radius 1 is 1.21 bits per heavy atom. The number of hydrogen-bond donors (Lipinski definition) is 1. The fourth-order valence-corrected chi connectivity index (χ4v) is 3.45. The van der Waals surface area contributed by atoms with E-state index in [1.165, 1.54) is 0 Å². The van der Waals surface area contributed by atoms with Crippen molar-refractivity contribution < 1.29 is 19.4 Å². The van der Waals surface area contributed by atoms with Crippen molar-refractivity contribution in [3.05, 3.63) is 71.5 Å². The van der Waals surface area contributed by atoms with E-state index in [0.29, 0.717) is 31.1 Å². The van der Waals surface area contributed by atoms with Crippen molar-refractivity contribution in [2.24, 2.45) is 0 Å². The quantitative estimate of drug-likeness (QED) is 0.756. The average molecular weight is 378 g/mol. The number of rotatable bonds is 4. The first-order valence-electron chi connectivity index (χ1n) is 9.23. The highest BCUT2D eigenvalue weighted by atomic mass is 16.5. The average Bonchev–Trinajstić information content (AvgIpc) is 2.78. The Balaban J connectivity index is 1.54. The summed E-state index contributed by atoms with van der Waals surface area (Å²) in [7, 11) is 1.65. The zero-order chi connectivity index (χ0) is 19.5. The summed E-state index contributed by atoms with van der Waals surface area (Å²) in [4.78, 5) is 18.8. The minimum atomic E-state index is -0.190. The first kappa shape index (κ1) is 18.4. The molecule has 3 aromatic rings. The van der Waals surface area contributed by atoms with E-state index in [9.17, 15) is 9.90 Å². The lowest BCUT2D eigenvalue weighted by molar-refractivity contribution is -0.0229. The number of hydrogen-bond acceptors (Lipinski definition) is 5. The maximum absolute atomic E-state index is 12.8. The number of aliphatic hydroxyl groups excluding tert-OH is 1. The van der Waals surface area contributed by atoms with E-state index < -0.39 is 0 Å². The van der Waals surface area contributed by atoms with Crippen molar-refractivity contribution in [2.75, 3.05) is 26.8 Å². The first-order chi connectivity index (χ1) is 13.7. The Bertz CT molecular complexity index is 1000.